The van der Waals surface area contributed by atoms with Crippen molar-refractivity contribution in [2.75, 3.05) is 17.7 Å². The first-order valence-electron chi connectivity index (χ1n) is 6.32. The van der Waals surface area contributed by atoms with Gasteiger partial charge < -0.3 is 15.4 Å². The lowest BCUT2D eigenvalue weighted by atomic mass is 10.2. The smallest absolute Gasteiger partial charge is 0.339 e. The van der Waals surface area contributed by atoms with Crippen LogP contribution in [0.3, 0.4) is 0 Å². The Bertz CT molecular complexity index is 766. The average Bonchev–Trinajstić information content (AvgIpc) is 2.52. The first kappa shape index (κ1) is 17.4. The molecule has 2 rings (SSSR count). The molecule has 0 saturated carbocycles. The van der Waals surface area contributed by atoms with Crippen LogP contribution in [0.1, 0.15) is 10.4 Å². The van der Waals surface area contributed by atoms with E-state index < -0.39 is 12.0 Å². The van der Waals surface area contributed by atoms with E-state index in [1.165, 1.54) is 25.3 Å². The van der Waals surface area contributed by atoms with Gasteiger partial charge in [-0.1, -0.05) is 46.9 Å². The summed E-state index contributed by atoms with van der Waals surface area (Å²) in [6.45, 7) is 0. The van der Waals surface area contributed by atoms with Crippen molar-refractivity contribution >= 4 is 58.2 Å². The molecule has 0 aliphatic heterocycles. The predicted octanol–water partition coefficient (Wildman–Crippen LogP) is 5.08. The van der Waals surface area contributed by atoms with Crippen molar-refractivity contribution in [2.45, 2.75) is 0 Å². The Labute approximate surface area is 147 Å². The summed E-state index contributed by atoms with van der Waals surface area (Å²) in [6.07, 6.45) is 0. The van der Waals surface area contributed by atoms with Gasteiger partial charge in [-0.05, 0) is 24.3 Å². The third-order valence-electron chi connectivity index (χ3n) is 2.84. The predicted molar refractivity (Wildman–Crippen MR) is 91.9 cm³/mol. The van der Waals surface area contributed by atoms with Gasteiger partial charge in [-0.3, -0.25) is 0 Å². The molecule has 0 unspecified atom stereocenters. The summed E-state index contributed by atoms with van der Waals surface area (Å²) < 4.78 is 4.66. The standard InChI is InChI=1S/C15H11Cl3N2O3/c1-23-14(21)8-4-2-3-5-12(8)19-15(22)20-13-7-10(17)9(16)6-11(13)18/h2-7H,1H3,(H2,19,20,22). The van der Waals surface area contributed by atoms with Gasteiger partial charge >= 0.3 is 12.0 Å². The van der Waals surface area contributed by atoms with E-state index >= 15 is 0 Å². The zero-order chi connectivity index (χ0) is 17.0. The highest BCUT2D eigenvalue weighted by Crippen LogP contribution is 2.32. The Hall–Kier alpha value is -1.95. The van der Waals surface area contributed by atoms with Crippen LogP contribution in [0.25, 0.3) is 0 Å². The number of anilines is 2. The second-order valence-corrected chi connectivity index (χ2v) is 5.58. The molecule has 0 aliphatic carbocycles. The third-order valence-corrected chi connectivity index (χ3v) is 3.87. The van der Waals surface area contributed by atoms with Crippen LogP contribution in [0.5, 0.6) is 0 Å². The molecular formula is C15H11Cl3N2O3. The Kier molecular flexibility index (Phi) is 5.71. The number of methoxy groups -OCH3 is 1. The number of urea groups is 1. The van der Waals surface area contributed by atoms with Crippen molar-refractivity contribution < 1.29 is 14.3 Å². The van der Waals surface area contributed by atoms with E-state index in [9.17, 15) is 9.59 Å². The highest BCUT2D eigenvalue weighted by Gasteiger charge is 2.14. The topological polar surface area (TPSA) is 67.4 Å². The molecule has 0 aliphatic rings. The quantitative estimate of drug-likeness (QED) is 0.582. The number of halogens is 3. The number of benzene rings is 2. The maximum absolute atomic E-state index is 12.1. The maximum Gasteiger partial charge on any atom is 0.339 e. The first-order valence-corrected chi connectivity index (χ1v) is 7.45. The summed E-state index contributed by atoms with van der Waals surface area (Å²) in [6, 6.07) is 8.69. The number of hydrogen-bond donors (Lipinski definition) is 2. The molecule has 0 atom stereocenters. The van der Waals surface area contributed by atoms with E-state index in [1.807, 2.05) is 0 Å². The fourth-order valence-electron chi connectivity index (χ4n) is 1.77. The monoisotopic (exact) mass is 372 g/mol. The number of carbonyl (C=O) groups excluding carboxylic acids is 2. The second kappa shape index (κ2) is 7.55. The molecule has 2 N–H and O–H groups in total. The number of nitrogens with one attached hydrogen (secondary N) is 2. The molecule has 0 saturated heterocycles. The van der Waals surface area contributed by atoms with Gasteiger partial charge in [0.2, 0.25) is 0 Å². The molecule has 0 spiro atoms. The molecule has 0 aromatic heterocycles. The van der Waals surface area contributed by atoms with E-state index in [-0.39, 0.29) is 26.3 Å². The molecular weight excluding hydrogens is 363 g/mol. The Morgan fingerprint density at radius 3 is 2.22 bits per heavy atom. The van der Waals surface area contributed by atoms with Crippen molar-refractivity contribution in [1.82, 2.24) is 0 Å². The van der Waals surface area contributed by atoms with Crippen molar-refractivity contribution in [3.63, 3.8) is 0 Å². The Balaban J connectivity index is 2.18. The summed E-state index contributed by atoms with van der Waals surface area (Å²) in [5, 5.41) is 5.84. The molecule has 5 nitrogen and oxygen atoms in total. The minimum absolute atomic E-state index is 0.227. The molecule has 0 fully saturated rings. The van der Waals surface area contributed by atoms with Gasteiger partial charge in [0.1, 0.15) is 0 Å². The zero-order valence-corrected chi connectivity index (χ0v) is 14.1. The minimum Gasteiger partial charge on any atom is -0.465 e. The van der Waals surface area contributed by atoms with Crippen LogP contribution < -0.4 is 10.6 Å². The van der Waals surface area contributed by atoms with Crippen LogP contribution >= 0.6 is 34.8 Å². The molecule has 0 bridgehead atoms. The van der Waals surface area contributed by atoms with Gasteiger partial charge in [-0.25, -0.2) is 9.59 Å². The molecule has 2 amide bonds. The van der Waals surface area contributed by atoms with Crippen molar-refractivity contribution in [2.24, 2.45) is 0 Å². The third kappa shape index (κ3) is 4.28. The van der Waals surface area contributed by atoms with Gasteiger partial charge in [0.05, 0.1) is 39.1 Å². The van der Waals surface area contributed by atoms with Crippen LogP contribution in [0.4, 0.5) is 16.2 Å². The van der Waals surface area contributed by atoms with Crippen LogP contribution in [0, 0.1) is 0 Å². The number of ether oxygens (including phenoxy) is 1. The lowest BCUT2D eigenvalue weighted by Crippen LogP contribution is -2.21. The summed E-state index contributed by atoms with van der Waals surface area (Å²) in [7, 11) is 1.26. The lowest BCUT2D eigenvalue weighted by Gasteiger charge is -2.12. The molecule has 0 heterocycles. The zero-order valence-electron chi connectivity index (χ0n) is 11.8. The molecule has 2 aromatic carbocycles. The molecule has 23 heavy (non-hydrogen) atoms. The summed E-state index contributed by atoms with van der Waals surface area (Å²) >= 11 is 17.7. The minimum atomic E-state index is -0.596. The molecule has 8 heteroatoms. The van der Waals surface area contributed by atoms with Gasteiger partial charge in [0.25, 0.3) is 0 Å². The van der Waals surface area contributed by atoms with Gasteiger partial charge in [-0.2, -0.15) is 0 Å². The van der Waals surface area contributed by atoms with E-state index in [0.29, 0.717) is 5.69 Å². The SMILES string of the molecule is COC(=O)c1ccccc1NC(=O)Nc1cc(Cl)c(Cl)cc1Cl. The Morgan fingerprint density at radius 2 is 1.52 bits per heavy atom. The van der Waals surface area contributed by atoms with E-state index in [2.05, 4.69) is 15.4 Å². The number of esters is 1. The van der Waals surface area contributed by atoms with E-state index in [0.717, 1.165) is 0 Å². The van der Waals surface area contributed by atoms with Crippen molar-refractivity contribution in [1.29, 1.82) is 0 Å². The summed E-state index contributed by atoms with van der Waals surface area (Å²) in [4.78, 5) is 23.7. The number of rotatable bonds is 3. The fourth-order valence-corrected chi connectivity index (χ4v) is 2.37. The van der Waals surface area contributed by atoms with Crippen LogP contribution in [-0.2, 0) is 4.74 Å². The van der Waals surface area contributed by atoms with Gasteiger partial charge in [0.15, 0.2) is 0 Å². The highest BCUT2D eigenvalue weighted by molar-refractivity contribution is 6.44. The van der Waals surface area contributed by atoms with Crippen LogP contribution in [0.15, 0.2) is 36.4 Å². The number of carbonyl (C=O) groups is 2. The number of para-hydroxylation sites is 1. The largest absolute Gasteiger partial charge is 0.465 e. The molecule has 2 aromatic rings. The number of hydrogen-bond acceptors (Lipinski definition) is 3. The van der Waals surface area contributed by atoms with Gasteiger partial charge in [0, 0.05) is 0 Å². The number of amides is 2. The fraction of sp³-hybridized carbons (Fsp3) is 0.0667. The molecule has 0 radical (unpaired) electrons. The normalized spacial score (nSPS) is 10.1. The molecule has 120 valence electrons. The van der Waals surface area contributed by atoms with E-state index in [4.69, 9.17) is 34.8 Å². The highest BCUT2D eigenvalue weighted by atomic mass is 35.5. The average molecular weight is 374 g/mol. The Morgan fingerprint density at radius 1 is 0.913 bits per heavy atom. The van der Waals surface area contributed by atoms with Gasteiger partial charge in [-0.15, -0.1) is 0 Å². The lowest BCUT2D eigenvalue weighted by molar-refractivity contribution is 0.0602. The maximum atomic E-state index is 12.1. The van der Waals surface area contributed by atoms with Crippen LogP contribution in [0.2, 0.25) is 15.1 Å². The van der Waals surface area contributed by atoms with Crippen molar-refractivity contribution in [3.05, 3.63) is 57.0 Å². The van der Waals surface area contributed by atoms with Crippen molar-refractivity contribution in [3.8, 4) is 0 Å². The van der Waals surface area contributed by atoms with E-state index in [1.54, 1.807) is 18.2 Å². The van der Waals surface area contributed by atoms with Crippen LogP contribution in [-0.4, -0.2) is 19.1 Å². The first-order chi connectivity index (χ1) is 10.9. The second-order valence-electron chi connectivity index (χ2n) is 4.36. The summed E-state index contributed by atoms with van der Waals surface area (Å²) in [5.74, 6) is -0.562. The summed E-state index contributed by atoms with van der Waals surface area (Å²) in [5.41, 5.74) is 0.813.